The van der Waals surface area contributed by atoms with Crippen LogP contribution in [-0.4, -0.2) is 55.2 Å². The van der Waals surface area contributed by atoms with Crippen LogP contribution in [0.25, 0.3) is 12.2 Å². The van der Waals surface area contributed by atoms with Gasteiger partial charge >= 0.3 is 0 Å². The van der Waals surface area contributed by atoms with Crippen molar-refractivity contribution in [1.29, 1.82) is 0 Å². The van der Waals surface area contributed by atoms with Crippen LogP contribution < -0.4 is 10.9 Å². The van der Waals surface area contributed by atoms with E-state index in [4.69, 9.17) is 24.4 Å². The monoisotopic (exact) mass is 610 g/mol. The molecule has 4 rings (SSSR count). The van der Waals surface area contributed by atoms with Crippen LogP contribution in [0.5, 0.6) is 0 Å². The normalized spacial score (nSPS) is 17.4. The van der Waals surface area contributed by atoms with E-state index in [1.165, 1.54) is 33.3 Å². The first-order chi connectivity index (χ1) is 19.1. The number of carbonyl (C=O) groups is 4. The highest BCUT2D eigenvalue weighted by Gasteiger charge is 2.33. The predicted octanol–water partition coefficient (Wildman–Crippen LogP) is 4.33. The van der Waals surface area contributed by atoms with E-state index in [0.29, 0.717) is 18.5 Å². The van der Waals surface area contributed by atoms with E-state index in [1.807, 2.05) is 62.4 Å². The lowest BCUT2D eigenvalue weighted by Gasteiger charge is -2.15. The van der Waals surface area contributed by atoms with Crippen molar-refractivity contribution in [2.45, 2.75) is 26.7 Å². The maximum atomic E-state index is 12.8. The minimum absolute atomic E-state index is 0.0525. The largest absolute Gasteiger partial charge is 0.292 e. The van der Waals surface area contributed by atoms with Gasteiger partial charge in [-0.25, -0.2) is 0 Å². The number of hydrazine groups is 1. The Morgan fingerprint density at radius 2 is 1.05 bits per heavy atom. The predicted molar refractivity (Wildman–Crippen MR) is 168 cm³/mol. The van der Waals surface area contributed by atoms with E-state index in [1.54, 1.807) is 12.2 Å². The zero-order valence-corrected chi connectivity index (χ0v) is 25.0. The van der Waals surface area contributed by atoms with Crippen molar-refractivity contribution in [3.8, 4) is 0 Å². The molecule has 2 aromatic carbocycles. The first-order valence-electron chi connectivity index (χ1n) is 12.3. The summed E-state index contributed by atoms with van der Waals surface area (Å²) < 4.78 is 0.750. The van der Waals surface area contributed by atoms with Gasteiger partial charge in [-0.15, -0.1) is 0 Å². The van der Waals surface area contributed by atoms with Gasteiger partial charge in [0.25, 0.3) is 11.8 Å². The van der Waals surface area contributed by atoms with E-state index in [-0.39, 0.29) is 37.7 Å². The Labute approximate surface area is 251 Å². The van der Waals surface area contributed by atoms with Crippen molar-refractivity contribution in [1.82, 2.24) is 20.7 Å². The second-order valence-electron chi connectivity index (χ2n) is 9.08. The van der Waals surface area contributed by atoms with Crippen LogP contribution in [0.4, 0.5) is 0 Å². The lowest BCUT2D eigenvalue weighted by atomic mass is 10.1. The second kappa shape index (κ2) is 13.4. The van der Waals surface area contributed by atoms with Crippen LogP contribution >= 0.6 is 48.0 Å². The van der Waals surface area contributed by atoms with Crippen molar-refractivity contribution >= 4 is 92.4 Å². The number of thiocarbonyl (C=S) groups is 2. The average molecular weight is 611 g/mol. The molecule has 2 fully saturated rings. The van der Waals surface area contributed by atoms with Gasteiger partial charge in [0.05, 0.1) is 9.81 Å². The first-order valence-corrected chi connectivity index (χ1v) is 14.8. The van der Waals surface area contributed by atoms with E-state index < -0.39 is 11.8 Å². The fourth-order valence-corrected chi connectivity index (χ4v) is 6.32. The molecular formula is C28H26N4O4S4. The van der Waals surface area contributed by atoms with Gasteiger partial charge in [-0.05, 0) is 37.1 Å². The van der Waals surface area contributed by atoms with E-state index in [2.05, 4.69) is 10.9 Å². The second-order valence-corrected chi connectivity index (χ2v) is 12.4. The molecule has 0 saturated carbocycles. The standard InChI is InChI=1S/C28H26N4O4S4/c1-17-3-7-19(8-4-17)15-21-25(35)31(27(37)39-21)13-11-23(33)29-30-24(34)12-14-32-26(36)22(40-28(32)38)16-20-9-5-18(2)6-10-20/h3-10,15-16H,11-14H2,1-2H3,(H,29,33)(H,30,34)/b21-15-,22-16+. The van der Waals surface area contributed by atoms with Crippen LogP contribution in [0.3, 0.4) is 0 Å². The van der Waals surface area contributed by atoms with Gasteiger partial charge in [0.15, 0.2) is 0 Å². The zero-order chi connectivity index (χ0) is 28.8. The molecule has 0 aromatic heterocycles. The Bertz CT molecular complexity index is 1330. The first kappa shape index (κ1) is 29.7. The van der Waals surface area contributed by atoms with Crippen molar-refractivity contribution in [3.05, 3.63) is 80.6 Å². The summed E-state index contributed by atoms with van der Waals surface area (Å²) in [6.45, 7) is 4.14. The lowest BCUT2D eigenvalue weighted by molar-refractivity contribution is -0.130. The van der Waals surface area contributed by atoms with Gasteiger partial charge in [-0.3, -0.25) is 39.8 Å². The number of nitrogens with zero attached hydrogens (tertiary/aromatic N) is 2. The molecule has 0 aliphatic carbocycles. The smallest absolute Gasteiger partial charge is 0.266 e. The summed E-state index contributed by atoms with van der Waals surface area (Å²) in [5.41, 5.74) is 8.70. The topological polar surface area (TPSA) is 98.8 Å². The third kappa shape index (κ3) is 7.66. The molecule has 0 bridgehead atoms. The van der Waals surface area contributed by atoms with Crippen molar-refractivity contribution in [2.75, 3.05) is 13.1 Å². The molecule has 2 N–H and O–H groups in total. The number of carbonyl (C=O) groups excluding carboxylic acids is 4. The van der Waals surface area contributed by atoms with Gasteiger partial charge in [0.1, 0.15) is 8.64 Å². The summed E-state index contributed by atoms with van der Waals surface area (Å²) in [6.07, 6.45) is 3.44. The quantitative estimate of drug-likeness (QED) is 0.259. The number of hydrogen-bond donors (Lipinski definition) is 2. The van der Waals surface area contributed by atoms with Gasteiger partial charge in [0.2, 0.25) is 11.8 Å². The molecule has 12 heteroatoms. The molecular weight excluding hydrogens is 585 g/mol. The Morgan fingerprint density at radius 3 is 1.40 bits per heavy atom. The molecule has 0 atom stereocenters. The number of aryl methyl sites for hydroxylation is 2. The molecule has 4 amide bonds. The van der Waals surface area contributed by atoms with Crippen LogP contribution in [0.1, 0.15) is 35.1 Å². The highest BCUT2D eigenvalue weighted by Crippen LogP contribution is 2.33. The molecule has 2 saturated heterocycles. The van der Waals surface area contributed by atoms with Gasteiger partial charge in [-0.1, -0.05) is 108 Å². The SMILES string of the molecule is Cc1ccc(/C=C2\SC(=S)N(CCC(=O)NNC(=O)CCN3C(=O)/C(=C\c4ccc(C)cc4)SC3=S)C2=O)cc1. The van der Waals surface area contributed by atoms with Crippen molar-refractivity contribution in [2.24, 2.45) is 0 Å². The number of nitrogens with one attached hydrogen (secondary N) is 2. The van der Waals surface area contributed by atoms with Crippen molar-refractivity contribution in [3.63, 3.8) is 0 Å². The molecule has 2 aliphatic heterocycles. The highest BCUT2D eigenvalue weighted by atomic mass is 32.2. The molecule has 0 radical (unpaired) electrons. The molecule has 40 heavy (non-hydrogen) atoms. The van der Waals surface area contributed by atoms with Crippen LogP contribution in [0, 0.1) is 13.8 Å². The van der Waals surface area contributed by atoms with Crippen molar-refractivity contribution < 1.29 is 19.2 Å². The Kier molecular flexibility index (Phi) is 9.90. The summed E-state index contributed by atoms with van der Waals surface area (Å²) in [5, 5.41) is 0. The fraction of sp³-hybridized carbons (Fsp3) is 0.214. The highest BCUT2D eigenvalue weighted by molar-refractivity contribution is 8.27. The minimum atomic E-state index is -0.475. The van der Waals surface area contributed by atoms with Crippen LogP contribution in [0.15, 0.2) is 58.3 Å². The fourth-order valence-electron chi connectivity index (χ4n) is 3.70. The lowest BCUT2D eigenvalue weighted by Crippen LogP contribution is -2.44. The maximum absolute atomic E-state index is 12.8. The molecule has 0 unspecified atom stereocenters. The number of benzene rings is 2. The van der Waals surface area contributed by atoms with E-state index in [9.17, 15) is 19.2 Å². The zero-order valence-electron chi connectivity index (χ0n) is 21.8. The number of rotatable bonds is 8. The summed E-state index contributed by atoms with van der Waals surface area (Å²) >= 11 is 13.0. The van der Waals surface area contributed by atoms with E-state index >= 15 is 0 Å². The number of hydrogen-bond acceptors (Lipinski definition) is 8. The molecule has 0 spiro atoms. The Hall–Kier alpha value is -3.32. The molecule has 206 valence electrons. The Morgan fingerprint density at radius 1 is 0.700 bits per heavy atom. The van der Waals surface area contributed by atoms with Crippen LogP contribution in [-0.2, 0) is 19.2 Å². The summed E-state index contributed by atoms with van der Waals surface area (Å²) in [5.74, 6) is -1.47. The summed E-state index contributed by atoms with van der Waals surface area (Å²) in [6, 6.07) is 15.5. The summed E-state index contributed by atoms with van der Waals surface area (Å²) in [4.78, 5) is 53.9. The number of amides is 4. The van der Waals surface area contributed by atoms with Gasteiger partial charge in [0, 0.05) is 25.9 Å². The number of thioether (sulfide) groups is 2. The maximum Gasteiger partial charge on any atom is 0.266 e. The minimum Gasteiger partial charge on any atom is -0.292 e. The van der Waals surface area contributed by atoms with E-state index in [0.717, 1.165) is 22.3 Å². The molecule has 2 aromatic rings. The third-order valence-corrected chi connectivity index (χ3v) is 8.72. The molecule has 2 heterocycles. The van der Waals surface area contributed by atoms with Gasteiger partial charge in [-0.2, -0.15) is 0 Å². The van der Waals surface area contributed by atoms with Gasteiger partial charge < -0.3 is 0 Å². The van der Waals surface area contributed by atoms with Crippen LogP contribution in [0.2, 0.25) is 0 Å². The molecule has 2 aliphatic rings. The third-order valence-electron chi connectivity index (χ3n) is 5.96. The Balaban J connectivity index is 1.20. The molecule has 8 nitrogen and oxygen atoms in total. The summed E-state index contributed by atoms with van der Waals surface area (Å²) in [7, 11) is 0. The average Bonchev–Trinajstić information content (AvgIpc) is 3.35.